The van der Waals surface area contributed by atoms with Gasteiger partial charge in [-0.05, 0) is 32.6 Å². The van der Waals surface area contributed by atoms with Gasteiger partial charge in [-0.2, -0.15) is 0 Å². The van der Waals surface area contributed by atoms with E-state index in [4.69, 9.17) is 4.74 Å². The average molecular weight is 284 g/mol. The number of urea groups is 1. The van der Waals surface area contributed by atoms with Crippen molar-refractivity contribution in [2.45, 2.75) is 63.0 Å². The Labute approximate surface area is 119 Å². The molecule has 6 heteroatoms. The molecule has 3 N–H and O–H groups in total. The maximum absolute atomic E-state index is 12.0. The lowest BCUT2D eigenvalue weighted by Crippen LogP contribution is -2.59. The quantitative estimate of drug-likeness (QED) is 0.732. The molecular formula is C14H24N2O4. The Morgan fingerprint density at radius 2 is 1.85 bits per heavy atom. The fraction of sp³-hybridized carbons (Fsp3) is 0.857. The van der Waals surface area contributed by atoms with Crippen molar-refractivity contribution in [3.8, 4) is 0 Å². The Hall–Kier alpha value is -1.30. The third-order valence-corrected chi connectivity index (χ3v) is 4.39. The molecule has 2 aliphatic rings. The smallest absolute Gasteiger partial charge is 0.329 e. The van der Waals surface area contributed by atoms with Crippen molar-refractivity contribution in [1.29, 1.82) is 0 Å². The third-order valence-electron chi connectivity index (χ3n) is 4.39. The van der Waals surface area contributed by atoms with Crippen molar-refractivity contribution in [2.75, 3.05) is 13.2 Å². The van der Waals surface area contributed by atoms with Crippen molar-refractivity contribution >= 4 is 12.0 Å². The molecule has 0 radical (unpaired) electrons. The summed E-state index contributed by atoms with van der Waals surface area (Å²) in [5.74, 6) is -0.935. The van der Waals surface area contributed by atoms with Gasteiger partial charge in [0.05, 0.1) is 5.60 Å². The Bertz CT molecular complexity index is 371. The van der Waals surface area contributed by atoms with E-state index in [0.717, 1.165) is 38.7 Å². The highest BCUT2D eigenvalue weighted by Gasteiger charge is 2.41. The van der Waals surface area contributed by atoms with E-state index >= 15 is 0 Å². The predicted octanol–water partition coefficient (Wildman–Crippen LogP) is 1.64. The molecule has 1 aliphatic heterocycles. The van der Waals surface area contributed by atoms with Crippen LogP contribution in [0, 0.1) is 0 Å². The first-order valence-corrected chi connectivity index (χ1v) is 7.39. The van der Waals surface area contributed by atoms with E-state index in [9.17, 15) is 14.7 Å². The molecule has 1 atom stereocenters. The van der Waals surface area contributed by atoms with Crippen molar-refractivity contribution in [1.82, 2.24) is 10.6 Å². The predicted molar refractivity (Wildman–Crippen MR) is 73.6 cm³/mol. The van der Waals surface area contributed by atoms with Crippen LogP contribution in [0.4, 0.5) is 4.79 Å². The van der Waals surface area contributed by atoms with Crippen LogP contribution in [0.3, 0.4) is 0 Å². The van der Waals surface area contributed by atoms with E-state index in [1.807, 2.05) is 6.92 Å². The summed E-state index contributed by atoms with van der Waals surface area (Å²) in [6.45, 7) is 3.10. The van der Waals surface area contributed by atoms with Crippen LogP contribution in [-0.2, 0) is 9.53 Å². The number of nitrogens with one attached hydrogen (secondary N) is 2. The molecular weight excluding hydrogens is 260 g/mol. The third kappa shape index (κ3) is 3.42. The lowest BCUT2D eigenvalue weighted by Gasteiger charge is -2.34. The van der Waals surface area contributed by atoms with E-state index in [1.165, 1.54) is 0 Å². The summed E-state index contributed by atoms with van der Waals surface area (Å²) >= 11 is 0. The zero-order valence-corrected chi connectivity index (χ0v) is 12.0. The van der Waals surface area contributed by atoms with Gasteiger partial charge in [0.1, 0.15) is 5.54 Å². The van der Waals surface area contributed by atoms with Gasteiger partial charge in [-0.1, -0.05) is 19.3 Å². The first-order chi connectivity index (χ1) is 9.46. The number of rotatable bonds is 4. The summed E-state index contributed by atoms with van der Waals surface area (Å²) in [6.07, 6.45) is 5.63. The molecule has 0 spiro atoms. The van der Waals surface area contributed by atoms with Crippen molar-refractivity contribution in [3.05, 3.63) is 0 Å². The minimum atomic E-state index is -1.10. The first-order valence-electron chi connectivity index (χ1n) is 7.39. The zero-order chi connectivity index (χ0) is 14.6. The second kappa shape index (κ2) is 5.99. The molecule has 1 unspecified atom stereocenters. The van der Waals surface area contributed by atoms with E-state index in [1.54, 1.807) is 0 Å². The summed E-state index contributed by atoms with van der Waals surface area (Å²) in [4.78, 5) is 23.4. The molecule has 6 nitrogen and oxygen atoms in total. The van der Waals surface area contributed by atoms with E-state index in [0.29, 0.717) is 19.4 Å². The number of aliphatic carboxylic acids is 1. The van der Waals surface area contributed by atoms with Crippen LogP contribution in [-0.4, -0.2) is 41.4 Å². The number of carbonyl (C=O) groups excluding carboxylic acids is 1. The molecule has 1 saturated carbocycles. The highest BCUT2D eigenvalue weighted by atomic mass is 16.5. The van der Waals surface area contributed by atoms with Crippen LogP contribution in [0.2, 0.25) is 0 Å². The van der Waals surface area contributed by atoms with Gasteiger partial charge in [0.25, 0.3) is 0 Å². The van der Waals surface area contributed by atoms with Gasteiger partial charge in [-0.25, -0.2) is 9.59 Å². The average Bonchev–Trinajstić information content (AvgIpc) is 2.85. The standard InChI is InChI=1S/C14H24N2O4/c1-13(6-5-9-20-13)10-15-12(19)16-14(11(17)18)7-3-2-4-8-14/h2-10H2,1H3,(H,17,18)(H2,15,16,19). The Morgan fingerprint density at radius 1 is 1.15 bits per heavy atom. The summed E-state index contributed by atoms with van der Waals surface area (Å²) in [6, 6.07) is -0.411. The van der Waals surface area contributed by atoms with Crippen LogP contribution in [0.25, 0.3) is 0 Å². The van der Waals surface area contributed by atoms with Gasteiger partial charge in [0, 0.05) is 13.2 Å². The molecule has 2 amide bonds. The molecule has 0 aromatic rings. The van der Waals surface area contributed by atoms with Gasteiger partial charge >= 0.3 is 12.0 Å². The molecule has 1 aliphatic carbocycles. The number of carboxylic acids is 1. The molecule has 2 rings (SSSR count). The summed E-state index contributed by atoms with van der Waals surface area (Å²) in [5.41, 5.74) is -1.42. The van der Waals surface area contributed by atoms with Crippen LogP contribution >= 0.6 is 0 Å². The van der Waals surface area contributed by atoms with E-state index in [2.05, 4.69) is 10.6 Å². The normalized spacial score (nSPS) is 28.9. The number of hydrogen-bond acceptors (Lipinski definition) is 3. The molecule has 1 saturated heterocycles. The van der Waals surface area contributed by atoms with Crippen molar-refractivity contribution < 1.29 is 19.4 Å². The Morgan fingerprint density at radius 3 is 2.40 bits per heavy atom. The van der Waals surface area contributed by atoms with Crippen LogP contribution in [0.15, 0.2) is 0 Å². The first kappa shape index (κ1) is 15.1. The maximum atomic E-state index is 12.0. The van der Waals surface area contributed by atoms with Crippen LogP contribution in [0.1, 0.15) is 51.9 Å². The Kier molecular flexibility index (Phi) is 4.52. The summed E-state index contributed by atoms with van der Waals surface area (Å²) < 4.78 is 5.59. The van der Waals surface area contributed by atoms with E-state index in [-0.39, 0.29) is 5.60 Å². The van der Waals surface area contributed by atoms with E-state index < -0.39 is 17.5 Å². The fourth-order valence-corrected chi connectivity index (χ4v) is 3.05. The maximum Gasteiger partial charge on any atom is 0.329 e. The van der Waals surface area contributed by atoms with Crippen molar-refractivity contribution in [3.63, 3.8) is 0 Å². The lowest BCUT2D eigenvalue weighted by atomic mass is 9.82. The molecule has 2 fully saturated rings. The molecule has 20 heavy (non-hydrogen) atoms. The minimum absolute atomic E-state index is 0.319. The summed E-state index contributed by atoms with van der Waals surface area (Å²) in [7, 11) is 0. The SMILES string of the molecule is CC1(CNC(=O)NC2(C(=O)O)CCCCC2)CCCO1. The van der Waals surface area contributed by atoms with Crippen LogP contribution in [0.5, 0.6) is 0 Å². The lowest BCUT2D eigenvalue weighted by molar-refractivity contribution is -0.145. The summed E-state index contributed by atoms with van der Waals surface area (Å²) in [5, 5.41) is 14.8. The molecule has 0 bridgehead atoms. The zero-order valence-electron chi connectivity index (χ0n) is 12.0. The topological polar surface area (TPSA) is 87.7 Å². The van der Waals surface area contributed by atoms with Gasteiger partial charge in [-0.15, -0.1) is 0 Å². The molecule has 1 heterocycles. The van der Waals surface area contributed by atoms with Gasteiger partial charge in [0.2, 0.25) is 0 Å². The van der Waals surface area contributed by atoms with Gasteiger partial charge in [0.15, 0.2) is 0 Å². The number of carboxylic acid groups (broad SMARTS) is 1. The molecule has 114 valence electrons. The highest BCUT2D eigenvalue weighted by molar-refractivity contribution is 5.86. The fourth-order valence-electron chi connectivity index (χ4n) is 3.05. The van der Waals surface area contributed by atoms with Crippen LogP contribution < -0.4 is 10.6 Å². The monoisotopic (exact) mass is 284 g/mol. The second-order valence-electron chi connectivity index (χ2n) is 6.16. The van der Waals surface area contributed by atoms with Crippen molar-refractivity contribution in [2.24, 2.45) is 0 Å². The highest BCUT2D eigenvalue weighted by Crippen LogP contribution is 2.28. The number of carbonyl (C=O) groups is 2. The van der Waals surface area contributed by atoms with Gasteiger partial charge in [-0.3, -0.25) is 0 Å². The number of amides is 2. The largest absolute Gasteiger partial charge is 0.480 e. The molecule has 0 aromatic heterocycles. The number of ether oxygens (including phenoxy) is 1. The number of hydrogen-bond donors (Lipinski definition) is 3. The minimum Gasteiger partial charge on any atom is -0.480 e. The molecule has 0 aromatic carbocycles. The van der Waals surface area contributed by atoms with Gasteiger partial charge < -0.3 is 20.5 Å². The Balaban J connectivity index is 1.87. The second-order valence-corrected chi connectivity index (χ2v) is 6.16.